The van der Waals surface area contributed by atoms with E-state index in [9.17, 15) is 4.79 Å². The number of nitrogens with two attached hydrogens (primary N) is 1. The molecule has 0 radical (unpaired) electrons. The van der Waals surface area contributed by atoms with Crippen LogP contribution in [0.2, 0.25) is 0 Å². The van der Waals surface area contributed by atoms with E-state index in [2.05, 4.69) is 16.3 Å². The Kier molecular flexibility index (Phi) is 8.66. The summed E-state index contributed by atoms with van der Waals surface area (Å²) in [5.41, 5.74) is 7.90. The summed E-state index contributed by atoms with van der Waals surface area (Å²) in [6.45, 7) is 3.34. The molecule has 0 amide bonds. The number of benzene rings is 1. The van der Waals surface area contributed by atoms with Crippen LogP contribution in [0.1, 0.15) is 24.0 Å². The molecule has 0 aromatic heterocycles. The van der Waals surface area contributed by atoms with Crippen molar-refractivity contribution in [3.05, 3.63) is 35.4 Å². The molecule has 3 N–H and O–H groups in total. The number of carbonyl (C=O) groups is 1. The minimum atomic E-state index is -0.142. The van der Waals surface area contributed by atoms with E-state index in [1.165, 1.54) is 5.56 Å². The number of carbonyl (C=O) groups excluding carboxylic acids is 1. The van der Waals surface area contributed by atoms with Crippen LogP contribution in [0.4, 0.5) is 0 Å². The van der Waals surface area contributed by atoms with Crippen LogP contribution in [0.5, 0.6) is 0 Å². The highest BCUT2D eigenvalue weighted by Crippen LogP contribution is 2.04. The minimum Gasteiger partial charge on any atom is -0.466 e. The van der Waals surface area contributed by atoms with Gasteiger partial charge in [0.1, 0.15) is 0 Å². The highest BCUT2D eigenvalue weighted by atomic mass is 16.5. The third kappa shape index (κ3) is 8.45. The first kappa shape index (κ1) is 17.6. The fourth-order valence-corrected chi connectivity index (χ4v) is 1.93. The second-order valence-electron chi connectivity index (χ2n) is 5.33. The zero-order valence-electron chi connectivity index (χ0n) is 13.1. The lowest BCUT2D eigenvalue weighted by Gasteiger charge is -2.10. The number of esters is 1. The number of nitrogens with one attached hydrogen (secondary N) is 1. The second kappa shape index (κ2) is 10.3. The zero-order valence-corrected chi connectivity index (χ0v) is 13.1. The first-order valence-electron chi connectivity index (χ1n) is 7.40. The molecule has 0 atom stereocenters. The van der Waals surface area contributed by atoms with Crippen LogP contribution >= 0.6 is 0 Å². The average Bonchev–Trinajstić information content (AvgIpc) is 2.48. The number of nitrogens with zero attached hydrogens (tertiary/aromatic N) is 1. The van der Waals surface area contributed by atoms with Crippen molar-refractivity contribution in [1.82, 2.24) is 10.2 Å². The Labute approximate surface area is 127 Å². The predicted molar refractivity (Wildman–Crippen MR) is 84.8 cm³/mol. The average molecular weight is 293 g/mol. The second-order valence-corrected chi connectivity index (χ2v) is 5.33. The molecule has 0 spiro atoms. The zero-order chi connectivity index (χ0) is 15.5. The van der Waals surface area contributed by atoms with Crippen LogP contribution < -0.4 is 11.1 Å². The highest BCUT2D eigenvalue weighted by molar-refractivity contribution is 5.69. The molecule has 118 valence electrons. The largest absolute Gasteiger partial charge is 0.466 e. The van der Waals surface area contributed by atoms with Crippen LogP contribution in [0.15, 0.2) is 24.3 Å². The van der Waals surface area contributed by atoms with E-state index < -0.39 is 0 Å². The maximum Gasteiger partial charge on any atom is 0.307 e. The number of ether oxygens (including phenoxy) is 1. The third-order valence-corrected chi connectivity index (χ3v) is 3.07. The van der Waals surface area contributed by atoms with Crippen molar-refractivity contribution in [1.29, 1.82) is 0 Å². The Morgan fingerprint density at radius 2 is 2.10 bits per heavy atom. The number of hydrogen-bond acceptors (Lipinski definition) is 5. The van der Waals surface area contributed by atoms with E-state index in [-0.39, 0.29) is 5.97 Å². The first-order chi connectivity index (χ1) is 10.1. The van der Waals surface area contributed by atoms with E-state index >= 15 is 0 Å². The van der Waals surface area contributed by atoms with Crippen molar-refractivity contribution in [2.24, 2.45) is 5.73 Å². The summed E-state index contributed by atoms with van der Waals surface area (Å²) in [6, 6.07) is 8.13. The van der Waals surface area contributed by atoms with Gasteiger partial charge in [-0.15, -0.1) is 0 Å². The molecule has 1 aromatic carbocycles. The fraction of sp³-hybridized carbons (Fsp3) is 0.562. The van der Waals surface area contributed by atoms with E-state index in [0.717, 1.165) is 25.1 Å². The number of hydrogen-bond donors (Lipinski definition) is 2. The van der Waals surface area contributed by atoms with Crippen molar-refractivity contribution in [2.45, 2.75) is 25.9 Å². The fourth-order valence-electron chi connectivity index (χ4n) is 1.93. The molecular formula is C16H27N3O2. The first-order valence-corrected chi connectivity index (χ1v) is 7.40. The van der Waals surface area contributed by atoms with Gasteiger partial charge in [-0.05, 0) is 31.6 Å². The van der Waals surface area contributed by atoms with Crippen LogP contribution in [0.3, 0.4) is 0 Å². The summed E-state index contributed by atoms with van der Waals surface area (Å²) in [4.78, 5) is 13.6. The maximum atomic E-state index is 11.5. The normalized spacial score (nSPS) is 10.9. The molecule has 0 aliphatic carbocycles. The Hall–Kier alpha value is -1.43. The van der Waals surface area contributed by atoms with Crippen molar-refractivity contribution in [3.8, 4) is 0 Å². The summed E-state index contributed by atoms with van der Waals surface area (Å²) >= 11 is 0. The molecule has 0 unspecified atom stereocenters. The number of rotatable bonds is 10. The van der Waals surface area contributed by atoms with E-state index in [1.54, 1.807) is 0 Å². The third-order valence-electron chi connectivity index (χ3n) is 3.07. The van der Waals surface area contributed by atoms with Gasteiger partial charge in [0.15, 0.2) is 0 Å². The van der Waals surface area contributed by atoms with Gasteiger partial charge in [-0.25, -0.2) is 0 Å². The summed E-state index contributed by atoms with van der Waals surface area (Å²) in [5.74, 6) is -0.142. The lowest BCUT2D eigenvalue weighted by atomic mass is 10.1. The van der Waals surface area contributed by atoms with Gasteiger partial charge in [0.05, 0.1) is 13.0 Å². The van der Waals surface area contributed by atoms with E-state index in [0.29, 0.717) is 26.1 Å². The van der Waals surface area contributed by atoms with Crippen molar-refractivity contribution >= 4 is 5.97 Å². The van der Waals surface area contributed by atoms with Crippen molar-refractivity contribution in [2.75, 3.05) is 33.8 Å². The van der Waals surface area contributed by atoms with Gasteiger partial charge in [0, 0.05) is 26.2 Å². The van der Waals surface area contributed by atoms with Crippen LogP contribution in [-0.2, 0) is 22.6 Å². The molecule has 5 nitrogen and oxygen atoms in total. The lowest BCUT2D eigenvalue weighted by Crippen LogP contribution is -2.20. The van der Waals surface area contributed by atoms with Gasteiger partial charge in [0.2, 0.25) is 0 Å². The summed E-state index contributed by atoms with van der Waals surface area (Å²) in [5, 5.41) is 3.24. The SMILES string of the molecule is CN(C)CCCOC(=O)CCNCc1cccc(CN)c1. The molecule has 0 aliphatic heterocycles. The molecule has 1 rings (SSSR count). The topological polar surface area (TPSA) is 67.6 Å². The van der Waals surface area contributed by atoms with E-state index in [4.69, 9.17) is 10.5 Å². The van der Waals surface area contributed by atoms with Crippen molar-refractivity contribution < 1.29 is 9.53 Å². The Bertz CT molecular complexity index is 422. The van der Waals surface area contributed by atoms with Crippen LogP contribution in [0, 0.1) is 0 Å². The molecule has 1 aromatic rings. The smallest absolute Gasteiger partial charge is 0.307 e. The van der Waals surface area contributed by atoms with Crippen molar-refractivity contribution in [3.63, 3.8) is 0 Å². The van der Waals surface area contributed by atoms with Gasteiger partial charge >= 0.3 is 5.97 Å². The van der Waals surface area contributed by atoms with Gasteiger partial charge in [-0.2, -0.15) is 0 Å². The molecule has 5 heteroatoms. The molecular weight excluding hydrogens is 266 g/mol. The Balaban J connectivity index is 2.09. The molecule has 0 bridgehead atoms. The standard InChI is InChI=1S/C16H27N3O2/c1-19(2)9-4-10-21-16(20)7-8-18-13-15-6-3-5-14(11-15)12-17/h3,5-6,11,18H,4,7-10,12-13,17H2,1-2H3. The molecule has 0 saturated carbocycles. The quantitative estimate of drug-likeness (QED) is 0.500. The summed E-state index contributed by atoms with van der Waals surface area (Å²) in [7, 11) is 4.01. The highest BCUT2D eigenvalue weighted by Gasteiger charge is 2.02. The molecule has 0 fully saturated rings. The van der Waals surface area contributed by atoms with Crippen LogP contribution in [0.25, 0.3) is 0 Å². The van der Waals surface area contributed by atoms with Gasteiger partial charge in [-0.1, -0.05) is 24.3 Å². The Morgan fingerprint density at radius 1 is 1.33 bits per heavy atom. The Morgan fingerprint density at radius 3 is 2.81 bits per heavy atom. The summed E-state index contributed by atoms with van der Waals surface area (Å²) in [6.07, 6.45) is 1.27. The molecule has 0 aliphatic rings. The van der Waals surface area contributed by atoms with Gasteiger partial charge in [-0.3, -0.25) is 4.79 Å². The molecule has 0 saturated heterocycles. The molecule has 21 heavy (non-hydrogen) atoms. The van der Waals surface area contributed by atoms with Gasteiger partial charge in [0.25, 0.3) is 0 Å². The monoisotopic (exact) mass is 293 g/mol. The van der Waals surface area contributed by atoms with Crippen LogP contribution in [-0.4, -0.2) is 44.7 Å². The predicted octanol–water partition coefficient (Wildman–Crippen LogP) is 1.12. The molecule has 0 heterocycles. The lowest BCUT2D eigenvalue weighted by molar-refractivity contribution is -0.143. The van der Waals surface area contributed by atoms with E-state index in [1.807, 2.05) is 32.3 Å². The minimum absolute atomic E-state index is 0.142. The maximum absolute atomic E-state index is 11.5. The summed E-state index contributed by atoms with van der Waals surface area (Å²) < 4.78 is 5.16. The van der Waals surface area contributed by atoms with Gasteiger partial charge < -0.3 is 20.7 Å².